The van der Waals surface area contributed by atoms with E-state index in [1.54, 1.807) is 11.3 Å². The molecule has 2 aromatic heterocycles. The Hall–Kier alpha value is -1.14. The number of hydrogen-bond donors (Lipinski definition) is 1. The lowest BCUT2D eigenvalue weighted by Crippen LogP contribution is -2.39. The summed E-state index contributed by atoms with van der Waals surface area (Å²) in [6.07, 6.45) is 2.13. The molecule has 0 spiro atoms. The molecule has 0 aliphatic carbocycles. The third-order valence-corrected chi connectivity index (χ3v) is 4.56. The number of piperidine rings is 1. The maximum Gasteiger partial charge on any atom is 0.188 e. The minimum Gasteiger partial charge on any atom is -0.348 e. The maximum atomic E-state index is 5.92. The van der Waals surface area contributed by atoms with Crippen LogP contribution in [0.3, 0.4) is 0 Å². The van der Waals surface area contributed by atoms with Gasteiger partial charge in [-0.25, -0.2) is 9.67 Å². The van der Waals surface area contributed by atoms with Gasteiger partial charge in [-0.2, -0.15) is 5.10 Å². The van der Waals surface area contributed by atoms with Gasteiger partial charge in [0.15, 0.2) is 10.8 Å². The Kier molecular flexibility index (Phi) is 2.56. The Bertz CT molecular complexity index is 501. The Labute approximate surface area is 104 Å². The monoisotopic (exact) mass is 251 g/mol. The van der Waals surface area contributed by atoms with Crippen molar-refractivity contribution in [1.82, 2.24) is 14.8 Å². The molecule has 6 heteroatoms. The van der Waals surface area contributed by atoms with Gasteiger partial charge in [0.25, 0.3) is 0 Å². The van der Waals surface area contributed by atoms with Crippen LogP contribution >= 0.6 is 11.3 Å². The van der Waals surface area contributed by atoms with Crippen LogP contribution in [0.4, 0.5) is 5.13 Å². The molecule has 5 nitrogen and oxygen atoms in total. The van der Waals surface area contributed by atoms with E-state index in [1.807, 2.05) is 18.7 Å². The van der Waals surface area contributed by atoms with Gasteiger partial charge < -0.3 is 10.6 Å². The van der Waals surface area contributed by atoms with E-state index < -0.39 is 0 Å². The average molecular weight is 251 g/mol. The number of hydrogen-bond acceptors (Lipinski definition) is 5. The van der Waals surface area contributed by atoms with Crippen LogP contribution in [0.25, 0.3) is 10.3 Å². The molecule has 0 atom stereocenters. The van der Waals surface area contributed by atoms with E-state index in [-0.39, 0.29) is 0 Å². The van der Waals surface area contributed by atoms with Gasteiger partial charge in [0.1, 0.15) is 0 Å². The molecular formula is C11H17N5S. The molecule has 1 aliphatic heterocycles. The molecule has 3 rings (SSSR count). The highest BCUT2D eigenvalue weighted by molar-refractivity contribution is 7.22. The van der Waals surface area contributed by atoms with Crippen molar-refractivity contribution in [3.05, 3.63) is 5.69 Å². The number of thiazole rings is 1. The summed E-state index contributed by atoms with van der Waals surface area (Å²) < 4.78 is 3.07. The molecular weight excluding hydrogens is 234 g/mol. The highest BCUT2D eigenvalue weighted by atomic mass is 32.1. The van der Waals surface area contributed by atoms with Crippen LogP contribution in [0.15, 0.2) is 0 Å². The van der Waals surface area contributed by atoms with Crippen molar-refractivity contribution < 1.29 is 0 Å². The van der Waals surface area contributed by atoms with Crippen LogP contribution in [0.2, 0.25) is 0 Å². The highest BCUT2D eigenvalue weighted by Gasteiger charge is 2.20. The second-order valence-electron chi connectivity index (χ2n) is 4.68. The summed E-state index contributed by atoms with van der Waals surface area (Å²) in [5.41, 5.74) is 7.99. The molecule has 1 aliphatic rings. The van der Waals surface area contributed by atoms with E-state index in [4.69, 9.17) is 5.73 Å². The smallest absolute Gasteiger partial charge is 0.188 e. The quantitative estimate of drug-likeness (QED) is 0.829. The molecule has 17 heavy (non-hydrogen) atoms. The zero-order chi connectivity index (χ0) is 12.0. The first kappa shape index (κ1) is 11.0. The van der Waals surface area contributed by atoms with Gasteiger partial charge >= 0.3 is 0 Å². The number of rotatable bonds is 1. The van der Waals surface area contributed by atoms with Gasteiger partial charge in [0.2, 0.25) is 0 Å². The fourth-order valence-corrected chi connectivity index (χ4v) is 3.38. The summed E-state index contributed by atoms with van der Waals surface area (Å²) in [7, 11) is 1.95. The Balaban J connectivity index is 1.93. The summed E-state index contributed by atoms with van der Waals surface area (Å²) in [4.78, 5) is 7.03. The van der Waals surface area contributed by atoms with Gasteiger partial charge in [-0.15, -0.1) is 0 Å². The van der Waals surface area contributed by atoms with Crippen molar-refractivity contribution in [2.75, 3.05) is 18.0 Å². The Morgan fingerprint density at radius 3 is 2.71 bits per heavy atom. The molecule has 2 aromatic rings. The first-order chi connectivity index (χ1) is 8.15. The van der Waals surface area contributed by atoms with Gasteiger partial charge in [0, 0.05) is 26.2 Å². The lowest BCUT2D eigenvalue weighted by Gasteiger charge is -2.29. The lowest BCUT2D eigenvalue weighted by molar-refractivity contribution is 0.501. The molecule has 3 heterocycles. The fraction of sp³-hybridized carbons (Fsp3) is 0.636. The molecule has 0 amide bonds. The summed E-state index contributed by atoms with van der Waals surface area (Å²) in [5, 5.41) is 5.49. The topological polar surface area (TPSA) is 60.0 Å². The number of aryl methyl sites for hydroxylation is 2. The molecule has 0 radical (unpaired) electrons. The molecule has 92 valence electrons. The molecule has 1 fully saturated rings. The van der Waals surface area contributed by atoms with Crippen LogP contribution < -0.4 is 10.6 Å². The standard InChI is InChI=1S/C11H17N5S/c1-7-9-10(15(2)14-7)13-11(17-9)16-5-3-8(12)4-6-16/h8H,3-6,12H2,1-2H3. The van der Waals surface area contributed by atoms with Crippen molar-refractivity contribution in [1.29, 1.82) is 0 Å². The molecule has 1 saturated heterocycles. The number of anilines is 1. The lowest BCUT2D eigenvalue weighted by atomic mass is 10.1. The Morgan fingerprint density at radius 2 is 2.06 bits per heavy atom. The first-order valence-electron chi connectivity index (χ1n) is 5.96. The predicted molar refractivity (Wildman–Crippen MR) is 70.5 cm³/mol. The van der Waals surface area contributed by atoms with Crippen LogP contribution in [0, 0.1) is 6.92 Å². The number of aromatic nitrogens is 3. The van der Waals surface area contributed by atoms with Crippen LogP contribution in [-0.4, -0.2) is 33.9 Å². The third-order valence-electron chi connectivity index (χ3n) is 3.34. The summed E-state index contributed by atoms with van der Waals surface area (Å²) in [6, 6.07) is 0.365. The first-order valence-corrected chi connectivity index (χ1v) is 6.77. The minimum absolute atomic E-state index is 0.365. The maximum absolute atomic E-state index is 5.92. The van der Waals surface area contributed by atoms with Crippen LogP contribution in [-0.2, 0) is 7.05 Å². The summed E-state index contributed by atoms with van der Waals surface area (Å²) >= 11 is 1.74. The molecule has 0 bridgehead atoms. The summed E-state index contributed by atoms with van der Waals surface area (Å²) in [6.45, 7) is 4.08. The van der Waals surface area contributed by atoms with E-state index in [0.29, 0.717) is 6.04 Å². The van der Waals surface area contributed by atoms with Crippen molar-refractivity contribution in [3.8, 4) is 0 Å². The van der Waals surface area contributed by atoms with Crippen LogP contribution in [0.1, 0.15) is 18.5 Å². The predicted octanol–water partition coefficient (Wildman–Crippen LogP) is 1.27. The van der Waals surface area contributed by atoms with E-state index in [9.17, 15) is 0 Å². The summed E-state index contributed by atoms with van der Waals surface area (Å²) in [5.74, 6) is 0. The van der Waals surface area contributed by atoms with Crippen molar-refractivity contribution in [3.63, 3.8) is 0 Å². The largest absolute Gasteiger partial charge is 0.348 e. The zero-order valence-electron chi connectivity index (χ0n) is 10.2. The van der Waals surface area contributed by atoms with E-state index >= 15 is 0 Å². The normalized spacial score (nSPS) is 18.2. The van der Waals surface area contributed by atoms with Gasteiger partial charge in [-0.3, -0.25) is 0 Å². The van der Waals surface area contributed by atoms with Crippen LogP contribution in [0.5, 0.6) is 0 Å². The number of fused-ring (bicyclic) bond motifs is 1. The zero-order valence-corrected chi connectivity index (χ0v) is 11.0. The van der Waals surface area contributed by atoms with Crippen molar-refractivity contribution in [2.45, 2.75) is 25.8 Å². The molecule has 0 aromatic carbocycles. The van der Waals surface area contributed by atoms with E-state index in [0.717, 1.165) is 42.4 Å². The molecule has 0 saturated carbocycles. The average Bonchev–Trinajstić information content (AvgIpc) is 2.83. The van der Waals surface area contributed by atoms with Crippen molar-refractivity contribution in [2.24, 2.45) is 12.8 Å². The number of nitrogens with two attached hydrogens (primary N) is 1. The van der Waals surface area contributed by atoms with Gasteiger partial charge in [0.05, 0.1) is 10.4 Å². The minimum atomic E-state index is 0.365. The molecule has 2 N–H and O–H groups in total. The van der Waals surface area contributed by atoms with Gasteiger partial charge in [-0.05, 0) is 19.8 Å². The van der Waals surface area contributed by atoms with E-state index in [2.05, 4.69) is 15.0 Å². The Morgan fingerprint density at radius 1 is 1.35 bits per heavy atom. The number of nitrogens with zero attached hydrogens (tertiary/aromatic N) is 4. The SMILES string of the molecule is Cc1nn(C)c2nc(N3CCC(N)CC3)sc12. The second kappa shape index (κ2) is 3.96. The highest BCUT2D eigenvalue weighted by Crippen LogP contribution is 2.31. The fourth-order valence-electron chi connectivity index (χ4n) is 2.30. The third kappa shape index (κ3) is 1.81. The molecule has 0 unspecified atom stereocenters. The van der Waals surface area contributed by atoms with Gasteiger partial charge in [-0.1, -0.05) is 11.3 Å². The van der Waals surface area contributed by atoms with E-state index in [1.165, 1.54) is 4.70 Å². The van der Waals surface area contributed by atoms with Crippen molar-refractivity contribution >= 4 is 26.8 Å². The second-order valence-corrected chi connectivity index (χ2v) is 5.66.